The third kappa shape index (κ3) is 9.10. The van der Waals surface area contributed by atoms with Crippen molar-refractivity contribution in [1.82, 2.24) is 15.5 Å². The molecule has 1 fully saturated rings. The zero-order valence-electron chi connectivity index (χ0n) is 25.0. The molecule has 1 aliphatic rings. The zero-order valence-corrected chi connectivity index (χ0v) is 25.0. The maximum Gasteiger partial charge on any atom is 0.408 e. The molecule has 0 saturated heterocycles. The summed E-state index contributed by atoms with van der Waals surface area (Å²) >= 11 is 0. The summed E-state index contributed by atoms with van der Waals surface area (Å²) in [6.45, 7) is 13.1. The number of carbonyl (C=O) groups is 3. The van der Waals surface area contributed by atoms with Crippen molar-refractivity contribution in [2.45, 2.75) is 96.9 Å². The summed E-state index contributed by atoms with van der Waals surface area (Å²) in [5, 5.41) is 15.7. The highest BCUT2D eigenvalue weighted by Crippen LogP contribution is 2.30. The number of carbonyl (C=O) groups excluding carboxylic acids is 3. The number of benzene rings is 2. The van der Waals surface area contributed by atoms with Gasteiger partial charge in [0.1, 0.15) is 23.4 Å². The van der Waals surface area contributed by atoms with Gasteiger partial charge in [0.2, 0.25) is 11.8 Å². The molecule has 1 saturated carbocycles. The monoisotopic (exact) mass is 563 g/mol. The maximum atomic E-state index is 14.4. The minimum Gasteiger partial charge on any atom is -0.508 e. The van der Waals surface area contributed by atoms with E-state index in [0.29, 0.717) is 0 Å². The Kier molecular flexibility index (Phi) is 11.0. The van der Waals surface area contributed by atoms with Gasteiger partial charge in [-0.25, -0.2) is 4.79 Å². The van der Waals surface area contributed by atoms with Crippen molar-refractivity contribution in [1.29, 1.82) is 0 Å². The van der Waals surface area contributed by atoms with Gasteiger partial charge < -0.3 is 25.4 Å². The van der Waals surface area contributed by atoms with Crippen LogP contribution in [0.3, 0.4) is 0 Å². The Balaban J connectivity index is 2.04. The fraction of sp³-hybridized carbons (Fsp3) is 0.485. The van der Waals surface area contributed by atoms with Gasteiger partial charge in [-0.2, -0.15) is 0 Å². The topological polar surface area (TPSA) is 108 Å². The molecular formula is C33H45N3O5. The molecule has 2 aromatic carbocycles. The highest BCUT2D eigenvalue weighted by atomic mass is 16.6. The van der Waals surface area contributed by atoms with Crippen LogP contribution in [0.4, 0.5) is 4.79 Å². The Morgan fingerprint density at radius 3 is 2.22 bits per heavy atom. The molecular weight excluding hydrogens is 518 g/mol. The fourth-order valence-corrected chi connectivity index (χ4v) is 5.39. The first-order valence-electron chi connectivity index (χ1n) is 14.4. The Labute approximate surface area is 244 Å². The molecule has 3 amide bonds. The third-order valence-corrected chi connectivity index (χ3v) is 7.30. The van der Waals surface area contributed by atoms with Gasteiger partial charge in [0.25, 0.3) is 0 Å². The van der Waals surface area contributed by atoms with E-state index in [1.54, 1.807) is 39.0 Å². The van der Waals surface area contributed by atoms with Crippen LogP contribution in [0.15, 0.2) is 55.1 Å². The Bertz CT molecular complexity index is 1190. The highest BCUT2D eigenvalue weighted by Gasteiger charge is 2.38. The van der Waals surface area contributed by atoms with Crippen molar-refractivity contribution in [2.75, 3.05) is 6.54 Å². The van der Waals surface area contributed by atoms with Gasteiger partial charge in [0.15, 0.2) is 0 Å². The summed E-state index contributed by atoms with van der Waals surface area (Å²) in [6.07, 6.45) is 6.08. The lowest BCUT2D eigenvalue weighted by atomic mass is 9.91. The number of amides is 3. The molecule has 8 nitrogen and oxygen atoms in total. The number of phenols is 1. The minimum absolute atomic E-state index is 0.0523. The van der Waals surface area contributed by atoms with Gasteiger partial charge in [-0.3, -0.25) is 9.59 Å². The zero-order chi connectivity index (χ0) is 30.2. The number of alkyl carbamates (subject to hydrolysis) is 1. The number of nitrogens with one attached hydrogen (secondary N) is 2. The highest BCUT2D eigenvalue weighted by molar-refractivity contribution is 5.93. The van der Waals surface area contributed by atoms with Gasteiger partial charge in [-0.1, -0.05) is 55.7 Å². The van der Waals surface area contributed by atoms with E-state index in [2.05, 4.69) is 17.2 Å². The van der Waals surface area contributed by atoms with Gasteiger partial charge in [-0.15, -0.1) is 6.58 Å². The number of phenolic OH excluding ortho intramolecular Hbond substituents is 1. The van der Waals surface area contributed by atoms with Crippen LogP contribution in [0.5, 0.6) is 5.75 Å². The molecule has 0 aromatic heterocycles. The standard InChI is InChI=1S/C33H45N3O5/c1-7-20-36(29(28-22(2)12-11-13-23(28)3)30(38)34-25-14-9-8-10-15-25)31(39)27(35-32(40)41-33(4,5)6)21-24-16-18-26(37)19-17-24/h7,11-13,16-19,25,27,29,37H,1,8-10,14-15,20-21H2,2-6H3,(H,34,38)(H,35,40). The van der Waals surface area contributed by atoms with Gasteiger partial charge in [0, 0.05) is 19.0 Å². The first-order valence-corrected chi connectivity index (χ1v) is 14.4. The molecule has 41 heavy (non-hydrogen) atoms. The SMILES string of the molecule is C=CCN(C(=O)C(Cc1ccc(O)cc1)NC(=O)OC(C)(C)C)C(C(=O)NC1CCCCC1)c1c(C)cccc1C. The largest absolute Gasteiger partial charge is 0.508 e. The first kappa shape index (κ1) is 31.7. The smallest absolute Gasteiger partial charge is 0.408 e. The van der Waals surface area contributed by atoms with E-state index in [4.69, 9.17) is 4.74 Å². The average molecular weight is 564 g/mol. The molecule has 2 atom stereocenters. The van der Waals surface area contributed by atoms with Crippen molar-refractivity contribution in [3.63, 3.8) is 0 Å². The van der Waals surface area contributed by atoms with E-state index >= 15 is 0 Å². The third-order valence-electron chi connectivity index (χ3n) is 7.30. The Hall–Kier alpha value is -3.81. The normalized spacial score (nSPS) is 15.3. The summed E-state index contributed by atoms with van der Waals surface area (Å²) in [4.78, 5) is 42.9. The first-order chi connectivity index (χ1) is 19.4. The Morgan fingerprint density at radius 1 is 1.05 bits per heavy atom. The van der Waals surface area contributed by atoms with Crippen LogP contribution in [0.2, 0.25) is 0 Å². The van der Waals surface area contributed by atoms with Gasteiger partial charge in [0.05, 0.1) is 0 Å². The summed E-state index contributed by atoms with van der Waals surface area (Å²) in [5.41, 5.74) is 2.51. The quantitative estimate of drug-likeness (QED) is 0.324. The predicted octanol–water partition coefficient (Wildman–Crippen LogP) is 5.65. The van der Waals surface area contributed by atoms with Crippen LogP contribution in [0.25, 0.3) is 0 Å². The van der Waals surface area contributed by atoms with Gasteiger partial charge >= 0.3 is 6.09 Å². The average Bonchev–Trinajstić information content (AvgIpc) is 2.90. The van der Waals surface area contributed by atoms with Crippen LogP contribution in [-0.2, 0) is 20.7 Å². The molecule has 2 aromatic rings. The number of hydrogen-bond acceptors (Lipinski definition) is 5. The summed E-state index contributed by atoms with van der Waals surface area (Å²) in [5.74, 6) is -0.583. The van der Waals surface area contributed by atoms with Crippen molar-refractivity contribution in [2.24, 2.45) is 0 Å². The molecule has 8 heteroatoms. The summed E-state index contributed by atoms with van der Waals surface area (Å²) in [6, 6.07) is 10.4. The number of hydrogen-bond donors (Lipinski definition) is 3. The number of ether oxygens (including phenoxy) is 1. The molecule has 1 aliphatic carbocycles. The lowest BCUT2D eigenvalue weighted by Gasteiger charge is -2.36. The minimum atomic E-state index is -1.04. The molecule has 0 aliphatic heterocycles. The second-order valence-electron chi connectivity index (χ2n) is 11.9. The Morgan fingerprint density at radius 2 is 1.66 bits per heavy atom. The lowest BCUT2D eigenvalue weighted by molar-refractivity contribution is -0.142. The van der Waals surface area contributed by atoms with E-state index in [9.17, 15) is 19.5 Å². The second-order valence-corrected chi connectivity index (χ2v) is 11.9. The number of aromatic hydroxyl groups is 1. The van der Waals surface area contributed by atoms with Crippen LogP contribution in [0, 0.1) is 13.8 Å². The van der Waals surface area contributed by atoms with Crippen LogP contribution in [0.1, 0.15) is 81.2 Å². The van der Waals surface area contributed by atoms with Crippen LogP contribution >= 0.6 is 0 Å². The van der Waals surface area contributed by atoms with Crippen molar-refractivity contribution in [3.05, 3.63) is 77.4 Å². The van der Waals surface area contributed by atoms with Crippen molar-refractivity contribution in [3.8, 4) is 5.75 Å². The molecule has 0 bridgehead atoms. The van der Waals surface area contributed by atoms with Crippen LogP contribution < -0.4 is 10.6 Å². The van der Waals surface area contributed by atoms with Crippen molar-refractivity contribution >= 4 is 17.9 Å². The molecule has 0 heterocycles. The fourth-order valence-electron chi connectivity index (χ4n) is 5.39. The maximum absolute atomic E-state index is 14.4. The molecule has 3 rings (SSSR count). The molecule has 3 N–H and O–H groups in total. The van der Waals surface area contributed by atoms with E-state index in [1.807, 2.05) is 32.0 Å². The van der Waals surface area contributed by atoms with Crippen molar-refractivity contribution < 1.29 is 24.2 Å². The van der Waals surface area contributed by atoms with E-state index in [1.165, 1.54) is 17.0 Å². The number of aryl methyl sites for hydroxylation is 2. The van der Waals surface area contributed by atoms with Crippen LogP contribution in [-0.4, -0.2) is 52.1 Å². The molecule has 2 unspecified atom stereocenters. The number of rotatable bonds is 10. The number of nitrogens with zero attached hydrogens (tertiary/aromatic N) is 1. The second kappa shape index (κ2) is 14.2. The van der Waals surface area contributed by atoms with Gasteiger partial charge in [-0.05, 0) is 81.8 Å². The van der Waals surface area contributed by atoms with E-state index in [-0.39, 0.29) is 30.7 Å². The predicted molar refractivity (Wildman–Crippen MR) is 161 cm³/mol. The molecule has 0 spiro atoms. The summed E-state index contributed by atoms with van der Waals surface area (Å²) in [7, 11) is 0. The van der Waals surface area contributed by atoms with E-state index in [0.717, 1.165) is 54.4 Å². The lowest BCUT2D eigenvalue weighted by Crippen LogP contribution is -2.54. The van der Waals surface area contributed by atoms with E-state index < -0.39 is 29.7 Å². The molecule has 222 valence electrons. The molecule has 0 radical (unpaired) electrons. The summed E-state index contributed by atoms with van der Waals surface area (Å²) < 4.78 is 5.49.